The van der Waals surface area contributed by atoms with Gasteiger partial charge in [-0.2, -0.15) is 9.97 Å². The Hall–Kier alpha value is -2.35. The van der Waals surface area contributed by atoms with Crippen molar-refractivity contribution in [2.75, 3.05) is 6.26 Å². The smallest absolute Gasteiger partial charge is 0.308 e. The van der Waals surface area contributed by atoms with E-state index in [9.17, 15) is 14.3 Å². The second-order valence-electron chi connectivity index (χ2n) is 5.21. The van der Waals surface area contributed by atoms with Gasteiger partial charge in [-0.15, -0.1) is 0 Å². The lowest BCUT2D eigenvalue weighted by Gasteiger charge is -2.27. The lowest BCUT2D eigenvalue weighted by Crippen LogP contribution is -2.19. The molecule has 0 radical (unpaired) electrons. The first kappa shape index (κ1) is 16.5. The Balaban J connectivity index is 1.99. The Morgan fingerprint density at radius 2 is 2.25 bits per heavy atom. The normalized spacial score (nSPS) is 16.2. The van der Waals surface area contributed by atoms with Crippen LogP contribution in [0, 0.1) is 5.82 Å². The van der Waals surface area contributed by atoms with Crippen molar-refractivity contribution >= 4 is 17.7 Å². The molecular formula is C16H15FN2O4S. The van der Waals surface area contributed by atoms with Gasteiger partial charge in [0.1, 0.15) is 17.7 Å². The zero-order valence-corrected chi connectivity index (χ0v) is 13.9. The minimum absolute atomic E-state index is 0.124. The summed E-state index contributed by atoms with van der Waals surface area (Å²) in [5.74, 6) is -0.843. The fraction of sp³-hybridized carbons (Fsp3) is 0.312. The molecule has 3 rings (SSSR count). The van der Waals surface area contributed by atoms with E-state index in [1.165, 1.54) is 36.9 Å². The number of esters is 1. The van der Waals surface area contributed by atoms with Gasteiger partial charge in [-0.05, 0) is 31.2 Å². The molecule has 126 valence electrons. The summed E-state index contributed by atoms with van der Waals surface area (Å²) in [4.78, 5) is 19.4. The van der Waals surface area contributed by atoms with Gasteiger partial charge in [-0.1, -0.05) is 17.8 Å². The monoisotopic (exact) mass is 350 g/mol. The quantitative estimate of drug-likeness (QED) is 0.394. The summed E-state index contributed by atoms with van der Waals surface area (Å²) in [5, 5.41) is 10.3. The molecule has 0 amide bonds. The highest BCUT2D eigenvalue weighted by molar-refractivity contribution is 7.98. The summed E-state index contributed by atoms with van der Waals surface area (Å²) in [6.07, 6.45) is 1.93. The summed E-state index contributed by atoms with van der Waals surface area (Å²) in [7, 11) is 0. The molecule has 1 aromatic heterocycles. The van der Waals surface area contributed by atoms with Crippen molar-refractivity contribution in [3.63, 3.8) is 0 Å². The zero-order valence-electron chi connectivity index (χ0n) is 13.1. The molecule has 24 heavy (non-hydrogen) atoms. The van der Waals surface area contributed by atoms with Crippen molar-refractivity contribution < 1.29 is 23.8 Å². The number of nitrogens with zero attached hydrogens (tertiary/aromatic N) is 2. The number of carbonyl (C=O) groups is 1. The topological polar surface area (TPSA) is 81.5 Å². The van der Waals surface area contributed by atoms with Gasteiger partial charge in [0.15, 0.2) is 5.16 Å². The second-order valence-corrected chi connectivity index (χ2v) is 5.98. The molecule has 0 aliphatic carbocycles. The summed E-state index contributed by atoms with van der Waals surface area (Å²) in [5.41, 5.74) is 0.663. The van der Waals surface area contributed by atoms with Gasteiger partial charge in [-0.3, -0.25) is 4.79 Å². The first-order valence-corrected chi connectivity index (χ1v) is 8.49. The number of hydrogen-bond donors (Lipinski definition) is 1. The molecule has 2 heterocycles. The van der Waals surface area contributed by atoms with Crippen molar-refractivity contribution in [3.8, 4) is 17.5 Å². The number of benzene rings is 1. The molecule has 1 atom stereocenters. The summed E-state index contributed by atoms with van der Waals surface area (Å²) < 4.78 is 25.2. The van der Waals surface area contributed by atoms with Crippen LogP contribution in [0.3, 0.4) is 0 Å². The van der Waals surface area contributed by atoms with Crippen molar-refractivity contribution in [1.29, 1.82) is 0 Å². The SMILES string of the molecule is CSc1nc(O)c2c(n1)OC(c1c(F)cccc1OC(C)=O)CC2. The third-order valence-electron chi connectivity index (χ3n) is 3.61. The summed E-state index contributed by atoms with van der Waals surface area (Å²) in [6.45, 7) is 1.25. The van der Waals surface area contributed by atoms with Crippen LogP contribution in [0.4, 0.5) is 4.39 Å². The standard InChI is InChI=1S/C16H15FN2O4S/c1-8(20)22-11-5-3-4-10(17)13(11)12-7-6-9-14(21)18-16(24-2)19-15(9)23-12/h3-5,12H,6-7H2,1-2H3,(H,18,19,21). The molecule has 8 heteroatoms. The molecule has 0 saturated heterocycles. The molecule has 1 N–H and O–H groups in total. The maximum Gasteiger partial charge on any atom is 0.308 e. The van der Waals surface area contributed by atoms with Crippen LogP contribution in [0.1, 0.15) is 30.6 Å². The molecule has 1 aliphatic rings. The Labute approximate surface area is 142 Å². The number of ether oxygens (including phenoxy) is 2. The molecule has 1 aromatic carbocycles. The molecule has 6 nitrogen and oxygen atoms in total. The van der Waals surface area contributed by atoms with Gasteiger partial charge in [-0.25, -0.2) is 4.39 Å². The highest BCUT2D eigenvalue weighted by atomic mass is 32.2. The summed E-state index contributed by atoms with van der Waals surface area (Å²) >= 11 is 1.26. The van der Waals surface area contributed by atoms with Gasteiger partial charge < -0.3 is 14.6 Å². The zero-order chi connectivity index (χ0) is 17.3. The van der Waals surface area contributed by atoms with Crippen molar-refractivity contribution in [3.05, 3.63) is 35.1 Å². The number of hydrogen-bond acceptors (Lipinski definition) is 7. The lowest BCUT2D eigenvalue weighted by atomic mass is 9.98. The fourth-order valence-corrected chi connectivity index (χ4v) is 2.94. The predicted molar refractivity (Wildman–Crippen MR) is 84.9 cm³/mol. The Bertz CT molecular complexity index is 800. The number of carbonyl (C=O) groups excluding carboxylic acids is 1. The molecule has 0 spiro atoms. The maximum absolute atomic E-state index is 14.3. The van der Waals surface area contributed by atoms with Crippen LogP contribution in [0.25, 0.3) is 0 Å². The Morgan fingerprint density at radius 1 is 1.46 bits per heavy atom. The van der Waals surface area contributed by atoms with Crippen molar-refractivity contribution in [2.45, 2.75) is 31.0 Å². The molecule has 0 bridgehead atoms. The number of aromatic hydroxyl groups is 1. The molecule has 1 aliphatic heterocycles. The van der Waals surface area contributed by atoms with Crippen molar-refractivity contribution in [1.82, 2.24) is 9.97 Å². The number of fused-ring (bicyclic) bond motifs is 1. The van der Waals surface area contributed by atoms with E-state index in [-0.39, 0.29) is 23.1 Å². The average Bonchev–Trinajstić information content (AvgIpc) is 2.53. The number of aromatic nitrogens is 2. The lowest BCUT2D eigenvalue weighted by molar-refractivity contribution is -0.132. The Kier molecular flexibility index (Phi) is 4.57. The van der Waals surface area contributed by atoms with E-state index in [4.69, 9.17) is 9.47 Å². The minimum atomic E-state index is -0.669. The Morgan fingerprint density at radius 3 is 2.96 bits per heavy atom. The highest BCUT2D eigenvalue weighted by Gasteiger charge is 2.30. The predicted octanol–water partition coefficient (Wildman–Crippen LogP) is 3.03. The van der Waals surface area contributed by atoms with Crippen LogP contribution in [-0.4, -0.2) is 27.3 Å². The number of halogens is 1. The summed E-state index contributed by atoms with van der Waals surface area (Å²) in [6, 6.07) is 4.27. The largest absolute Gasteiger partial charge is 0.493 e. The van der Waals surface area contributed by atoms with Gasteiger partial charge in [0.2, 0.25) is 11.8 Å². The van der Waals surface area contributed by atoms with Crippen LogP contribution < -0.4 is 9.47 Å². The molecule has 1 unspecified atom stereocenters. The molecule has 0 fully saturated rings. The maximum atomic E-state index is 14.3. The number of rotatable bonds is 3. The third-order valence-corrected chi connectivity index (χ3v) is 4.16. The van der Waals surface area contributed by atoms with E-state index in [1.54, 1.807) is 6.26 Å². The van der Waals surface area contributed by atoms with E-state index in [1.807, 2.05) is 0 Å². The number of thioether (sulfide) groups is 1. The van der Waals surface area contributed by atoms with E-state index in [0.29, 0.717) is 23.6 Å². The highest BCUT2D eigenvalue weighted by Crippen LogP contribution is 2.41. The van der Waals surface area contributed by atoms with E-state index >= 15 is 0 Å². The fourth-order valence-electron chi connectivity index (χ4n) is 2.59. The average molecular weight is 350 g/mol. The second kappa shape index (κ2) is 6.64. The third kappa shape index (κ3) is 3.14. The molecular weight excluding hydrogens is 335 g/mol. The van der Waals surface area contributed by atoms with Crippen LogP contribution in [-0.2, 0) is 11.2 Å². The van der Waals surface area contributed by atoms with Crippen LogP contribution in [0.5, 0.6) is 17.5 Å². The van der Waals surface area contributed by atoms with E-state index < -0.39 is 17.9 Å². The van der Waals surface area contributed by atoms with E-state index in [0.717, 1.165) is 0 Å². The van der Waals surface area contributed by atoms with E-state index in [2.05, 4.69) is 9.97 Å². The molecule has 0 saturated carbocycles. The van der Waals surface area contributed by atoms with Crippen LogP contribution >= 0.6 is 11.8 Å². The minimum Gasteiger partial charge on any atom is -0.493 e. The van der Waals surface area contributed by atoms with Crippen LogP contribution in [0.15, 0.2) is 23.4 Å². The molecule has 2 aromatic rings. The first-order chi connectivity index (χ1) is 11.5. The van der Waals surface area contributed by atoms with Gasteiger partial charge in [0.25, 0.3) is 0 Å². The van der Waals surface area contributed by atoms with Gasteiger partial charge in [0, 0.05) is 6.92 Å². The van der Waals surface area contributed by atoms with Crippen LogP contribution in [0.2, 0.25) is 0 Å². The van der Waals surface area contributed by atoms with Gasteiger partial charge in [0.05, 0.1) is 11.1 Å². The van der Waals surface area contributed by atoms with Gasteiger partial charge >= 0.3 is 5.97 Å². The first-order valence-electron chi connectivity index (χ1n) is 7.27. The van der Waals surface area contributed by atoms with Crippen molar-refractivity contribution in [2.24, 2.45) is 0 Å².